The van der Waals surface area contributed by atoms with Crippen molar-refractivity contribution >= 4 is 11.6 Å². The van der Waals surface area contributed by atoms with Crippen molar-refractivity contribution in [1.82, 2.24) is 15.5 Å². The van der Waals surface area contributed by atoms with Crippen LogP contribution in [-0.2, 0) is 0 Å². The smallest absolute Gasteiger partial charge is 0.233 e. The van der Waals surface area contributed by atoms with Crippen LogP contribution in [0.2, 0.25) is 5.02 Å². The van der Waals surface area contributed by atoms with Crippen molar-refractivity contribution < 1.29 is 9.47 Å². The molecule has 2 aromatic rings. The predicted molar refractivity (Wildman–Crippen MR) is 82.1 cm³/mol. The molecule has 0 aliphatic carbocycles. The van der Waals surface area contributed by atoms with E-state index >= 15 is 0 Å². The van der Waals surface area contributed by atoms with E-state index < -0.39 is 0 Å². The summed E-state index contributed by atoms with van der Waals surface area (Å²) < 4.78 is 10.5. The molecule has 1 atom stereocenters. The second-order valence-electron chi connectivity index (χ2n) is 4.38. The van der Waals surface area contributed by atoms with Gasteiger partial charge in [0.2, 0.25) is 5.88 Å². The highest BCUT2D eigenvalue weighted by Gasteiger charge is 2.19. The Hall–Kier alpha value is -1.85. The van der Waals surface area contributed by atoms with Gasteiger partial charge in [-0.15, -0.1) is 10.2 Å². The van der Waals surface area contributed by atoms with E-state index in [-0.39, 0.29) is 6.04 Å². The molecule has 0 amide bonds. The molecule has 1 unspecified atom stereocenters. The lowest BCUT2D eigenvalue weighted by atomic mass is 10.0. The van der Waals surface area contributed by atoms with Gasteiger partial charge in [0.1, 0.15) is 5.75 Å². The largest absolute Gasteiger partial charge is 0.496 e. The molecule has 6 heteroatoms. The van der Waals surface area contributed by atoms with Crippen LogP contribution in [-0.4, -0.2) is 31.0 Å². The Bertz CT molecular complexity index is 590. The second kappa shape index (κ2) is 7.24. The Morgan fingerprint density at radius 2 is 1.95 bits per heavy atom. The highest BCUT2D eigenvalue weighted by molar-refractivity contribution is 6.30. The molecular formula is C15H18ClN3O2. The molecule has 21 heavy (non-hydrogen) atoms. The van der Waals surface area contributed by atoms with E-state index in [4.69, 9.17) is 21.1 Å². The van der Waals surface area contributed by atoms with E-state index in [9.17, 15) is 0 Å². The first-order chi connectivity index (χ1) is 10.2. The maximum absolute atomic E-state index is 6.11. The number of aromatic nitrogens is 2. The molecular weight excluding hydrogens is 290 g/mol. The molecule has 1 N–H and O–H groups in total. The summed E-state index contributed by atoms with van der Waals surface area (Å²) in [6, 6.07) is 9.02. The topological polar surface area (TPSA) is 56.3 Å². The Kier molecular flexibility index (Phi) is 5.36. The van der Waals surface area contributed by atoms with Gasteiger partial charge >= 0.3 is 0 Å². The van der Waals surface area contributed by atoms with Crippen molar-refractivity contribution in [1.29, 1.82) is 0 Å². The van der Waals surface area contributed by atoms with Crippen molar-refractivity contribution in [3.05, 3.63) is 46.6 Å². The second-order valence-corrected chi connectivity index (χ2v) is 4.81. The minimum Gasteiger partial charge on any atom is -0.496 e. The summed E-state index contributed by atoms with van der Waals surface area (Å²) in [6.45, 7) is 2.80. The Morgan fingerprint density at radius 3 is 2.52 bits per heavy atom. The number of hydrogen-bond acceptors (Lipinski definition) is 5. The fourth-order valence-corrected chi connectivity index (χ4v) is 2.28. The first-order valence-corrected chi connectivity index (χ1v) is 7.01. The van der Waals surface area contributed by atoms with Crippen LogP contribution >= 0.6 is 11.6 Å². The number of nitrogens with zero attached hydrogens (tertiary/aromatic N) is 2. The van der Waals surface area contributed by atoms with E-state index in [0.717, 1.165) is 23.6 Å². The Morgan fingerprint density at radius 1 is 1.14 bits per heavy atom. The Balaban J connectivity index is 2.44. The first-order valence-electron chi connectivity index (χ1n) is 6.64. The zero-order chi connectivity index (χ0) is 15.2. The molecule has 0 aliphatic heterocycles. The molecule has 0 fully saturated rings. The summed E-state index contributed by atoms with van der Waals surface area (Å²) in [5.74, 6) is 1.23. The fraction of sp³-hybridized carbons (Fsp3) is 0.333. The van der Waals surface area contributed by atoms with Gasteiger partial charge in [-0.25, -0.2) is 0 Å². The maximum atomic E-state index is 6.11. The lowest BCUT2D eigenvalue weighted by molar-refractivity contribution is 0.388. The predicted octanol–water partition coefficient (Wildman–Crippen LogP) is 2.85. The number of ether oxygens (including phenoxy) is 2. The summed E-state index contributed by atoms with van der Waals surface area (Å²) in [7, 11) is 3.20. The minimum atomic E-state index is -0.151. The van der Waals surface area contributed by atoms with E-state index in [1.54, 1.807) is 26.4 Å². The van der Waals surface area contributed by atoms with Crippen LogP contribution < -0.4 is 14.8 Å². The fourth-order valence-electron chi connectivity index (χ4n) is 2.10. The van der Waals surface area contributed by atoms with Crippen molar-refractivity contribution in [3.63, 3.8) is 0 Å². The average molecular weight is 308 g/mol. The standard InChI is InChI=1S/C15H18ClN3O2/c1-4-17-15(12-6-8-14(21-3)19-18-12)11-9-10(16)5-7-13(11)20-2/h5-9,15,17H,4H2,1-3H3. The molecule has 1 aromatic heterocycles. The van der Waals surface area contributed by atoms with Crippen LogP contribution in [0, 0.1) is 0 Å². The van der Waals surface area contributed by atoms with Crippen LogP contribution in [0.3, 0.4) is 0 Å². The van der Waals surface area contributed by atoms with Gasteiger partial charge in [0.15, 0.2) is 0 Å². The number of hydrogen-bond donors (Lipinski definition) is 1. The monoisotopic (exact) mass is 307 g/mol. The average Bonchev–Trinajstić information content (AvgIpc) is 2.53. The van der Waals surface area contributed by atoms with E-state index in [0.29, 0.717) is 10.9 Å². The third-order valence-corrected chi connectivity index (χ3v) is 3.31. The molecule has 1 heterocycles. The molecule has 0 saturated heterocycles. The maximum Gasteiger partial charge on any atom is 0.233 e. The summed E-state index contributed by atoms with van der Waals surface area (Å²) in [6.07, 6.45) is 0. The van der Waals surface area contributed by atoms with Crippen molar-refractivity contribution in [3.8, 4) is 11.6 Å². The van der Waals surface area contributed by atoms with Gasteiger partial charge in [-0.2, -0.15) is 0 Å². The first kappa shape index (κ1) is 15.5. The molecule has 0 bridgehead atoms. The summed E-state index contributed by atoms with van der Waals surface area (Å²) >= 11 is 6.11. The lowest BCUT2D eigenvalue weighted by Gasteiger charge is -2.20. The summed E-state index contributed by atoms with van der Waals surface area (Å²) in [4.78, 5) is 0. The van der Waals surface area contributed by atoms with Gasteiger partial charge in [0, 0.05) is 16.7 Å². The van der Waals surface area contributed by atoms with E-state index in [1.807, 2.05) is 25.1 Å². The SMILES string of the molecule is CCNC(c1ccc(OC)nn1)c1cc(Cl)ccc1OC. The normalized spacial score (nSPS) is 12.0. The van der Waals surface area contributed by atoms with Gasteiger partial charge in [-0.3, -0.25) is 0 Å². The van der Waals surface area contributed by atoms with Crippen molar-refractivity contribution in [2.24, 2.45) is 0 Å². The van der Waals surface area contributed by atoms with E-state index in [2.05, 4.69) is 15.5 Å². The van der Waals surface area contributed by atoms with Gasteiger partial charge < -0.3 is 14.8 Å². The molecule has 0 aliphatic rings. The minimum absolute atomic E-state index is 0.151. The molecule has 0 radical (unpaired) electrons. The van der Waals surface area contributed by atoms with Crippen LogP contribution in [0.5, 0.6) is 11.6 Å². The van der Waals surface area contributed by atoms with E-state index in [1.165, 1.54) is 0 Å². The number of rotatable bonds is 6. The number of benzene rings is 1. The summed E-state index contributed by atoms with van der Waals surface area (Å²) in [5.41, 5.74) is 1.70. The zero-order valence-corrected chi connectivity index (χ0v) is 13.0. The molecule has 0 spiro atoms. The lowest BCUT2D eigenvalue weighted by Crippen LogP contribution is -2.23. The molecule has 0 saturated carbocycles. The van der Waals surface area contributed by atoms with Crippen LogP contribution in [0.25, 0.3) is 0 Å². The van der Waals surface area contributed by atoms with Gasteiger partial charge in [0.25, 0.3) is 0 Å². The van der Waals surface area contributed by atoms with Crippen LogP contribution in [0.1, 0.15) is 24.2 Å². The Labute approximate surface area is 129 Å². The highest BCUT2D eigenvalue weighted by Crippen LogP contribution is 2.31. The van der Waals surface area contributed by atoms with Crippen LogP contribution in [0.4, 0.5) is 0 Å². The number of nitrogens with one attached hydrogen (secondary N) is 1. The zero-order valence-electron chi connectivity index (χ0n) is 12.3. The molecule has 5 nitrogen and oxygen atoms in total. The molecule has 2 rings (SSSR count). The third-order valence-electron chi connectivity index (χ3n) is 3.08. The van der Waals surface area contributed by atoms with Crippen LogP contribution in [0.15, 0.2) is 30.3 Å². The summed E-state index contributed by atoms with van der Waals surface area (Å²) in [5, 5.41) is 12.3. The highest BCUT2D eigenvalue weighted by atomic mass is 35.5. The van der Waals surface area contributed by atoms with Gasteiger partial charge in [-0.1, -0.05) is 18.5 Å². The van der Waals surface area contributed by atoms with Crippen molar-refractivity contribution in [2.75, 3.05) is 20.8 Å². The van der Waals surface area contributed by atoms with Gasteiger partial charge in [0.05, 0.1) is 26.0 Å². The molecule has 112 valence electrons. The number of halogens is 1. The van der Waals surface area contributed by atoms with Gasteiger partial charge in [-0.05, 0) is 30.8 Å². The number of methoxy groups -OCH3 is 2. The van der Waals surface area contributed by atoms with Crippen molar-refractivity contribution in [2.45, 2.75) is 13.0 Å². The quantitative estimate of drug-likeness (QED) is 0.889. The molecule has 1 aromatic carbocycles. The third kappa shape index (κ3) is 3.62.